The third-order valence-electron chi connectivity index (χ3n) is 4.04. The predicted octanol–water partition coefficient (Wildman–Crippen LogP) is 1.03. The van der Waals surface area contributed by atoms with E-state index in [2.05, 4.69) is 10.2 Å². The van der Waals surface area contributed by atoms with Gasteiger partial charge in [-0.1, -0.05) is 6.07 Å². The van der Waals surface area contributed by atoms with Gasteiger partial charge in [-0.15, -0.1) is 5.10 Å². The number of nitrogens with zero attached hydrogens (tertiary/aromatic N) is 3. The standard InChI is InChI=1S/C16H16N4O3/c17-14-8-10-9-20(5-4-12(10)18-19-14)16(21)11-2-1-3-13-15(11)23-7-6-22-13/h1-3,8H,4-7,9H2,(H2,17,19). The van der Waals surface area contributed by atoms with Crippen LogP contribution in [0, 0.1) is 0 Å². The lowest BCUT2D eigenvalue weighted by Gasteiger charge is -2.29. The highest BCUT2D eigenvalue weighted by Crippen LogP contribution is 2.34. The maximum atomic E-state index is 12.9. The summed E-state index contributed by atoms with van der Waals surface area (Å²) in [5, 5.41) is 7.96. The Hall–Kier alpha value is -2.83. The smallest absolute Gasteiger partial charge is 0.258 e. The van der Waals surface area contributed by atoms with E-state index < -0.39 is 0 Å². The largest absolute Gasteiger partial charge is 0.486 e. The number of hydrogen-bond acceptors (Lipinski definition) is 6. The molecule has 1 aromatic carbocycles. The molecule has 2 aliphatic rings. The van der Waals surface area contributed by atoms with Gasteiger partial charge < -0.3 is 20.1 Å². The highest BCUT2D eigenvalue weighted by Gasteiger charge is 2.27. The first kappa shape index (κ1) is 13.8. The second-order valence-corrected chi connectivity index (χ2v) is 5.55. The molecule has 4 rings (SSSR count). The Labute approximate surface area is 133 Å². The molecule has 3 heterocycles. The monoisotopic (exact) mass is 312 g/mol. The molecule has 2 aliphatic heterocycles. The molecule has 0 bridgehead atoms. The summed E-state index contributed by atoms with van der Waals surface area (Å²) in [6, 6.07) is 7.17. The van der Waals surface area contributed by atoms with Crippen LogP contribution >= 0.6 is 0 Å². The van der Waals surface area contributed by atoms with Crippen LogP contribution in [0.5, 0.6) is 11.5 Å². The number of carbonyl (C=O) groups excluding carboxylic acids is 1. The summed E-state index contributed by atoms with van der Waals surface area (Å²) in [6.07, 6.45) is 0.667. The molecule has 0 aliphatic carbocycles. The normalized spacial score (nSPS) is 15.9. The highest BCUT2D eigenvalue weighted by molar-refractivity contribution is 5.98. The Kier molecular flexibility index (Phi) is 3.25. The Balaban J connectivity index is 1.63. The highest BCUT2D eigenvalue weighted by atomic mass is 16.6. The molecular formula is C16H16N4O3. The summed E-state index contributed by atoms with van der Waals surface area (Å²) < 4.78 is 11.2. The van der Waals surface area contributed by atoms with Crippen LogP contribution in [0.15, 0.2) is 24.3 Å². The first-order valence-electron chi connectivity index (χ1n) is 7.51. The van der Waals surface area contributed by atoms with Crippen molar-refractivity contribution >= 4 is 11.7 Å². The molecule has 7 heteroatoms. The molecule has 2 N–H and O–H groups in total. The van der Waals surface area contributed by atoms with Crippen LogP contribution < -0.4 is 15.2 Å². The molecule has 7 nitrogen and oxygen atoms in total. The predicted molar refractivity (Wildman–Crippen MR) is 82.3 cm³/mol. The fourth-order valence-electron chi connectivity index (χ4n) is 2.93. The van der Waals surface area contributed by atoms with Gasteiger partial charge in [0.1, 0.15) is 19.0 Å². The van der Waals surface area contributed by atoms with Gasteiger partial charge in [0.05, 0.1) is 11.3 Å². The molecule has 0 saturated carbocycles. The molecule has 0 unspecified atom stereocenters. The van der Waals surface area contributed by atoms with E-state index in [1.807, 2.05) is 12.1 Å². The van der Waals surface area contributed by atoms with Crippen LogP contribution in [0.25, 0.3) is 0 Å². The summed E-state index contributed by atoms with van der Waals surface area (Å²) >= 11 is 0. The number of fused-ring (bicyclic) bond motifs is 2. The van der Waals surface area contributed by atoms with Crippen LogP contribution in [0.1, 0.15) is 21.6 Å². The number of carbonyl (C=O) groups is 1. The Morgan fingerprint density at radius 3 is 3.00 bits per heavy atom. The number of rotatable bonds is 1. The fourth-order valence-corrected chi connectivity index (χ4v) is 2.93. The lowest BCUT2D eigenvalue weighted by molar-refractivity contribution is 0.0722. The van der Waals surface area contributed by atoms with Crippen LogP contribution in [0.2, 0.25) is 0 Å². The second-order valence-electron chi connectivity index (χ2n) is 5.55. The van der Waals surface area contributed by atoms with Gasteiger partial charge in [-0.25, -0.2) is 0 Å². The number of ether oxygens (including phenoxy) is 2. The van der Waals surface area contributed by atoms with Crippen molar-refractivity contribution in [2.45, 2.75) is 13.0 Å². The maximum absolute atomic E-state index is 12.9. The number of benzene rings is 1. The van der Waals surface area contributed by atoms with Crippen molar-refractivity contribution in [3.05, 3.63) is 41.1 Å². The lowest BCUT2D eigenvalue weighted by atomic mass is 10.0. The summed E-state index contributed by atoms with van der Waals surface area (Å²) in [4.78, 5) is 14.7. The van der Waals surface area contributed by atoms with Gasteiger partial charge in [-0.05, 0) is 23.8 Å². The number of para-hydroxylation sites is 1. The molecule has 2 aromatic rings. The molecule has 1 amide bonds. The maximum Gasteiger partial charge on any atom is 0.258 e. The van der Waals surface area contributed by atoms with Crippen LogP contribution in [0.3, 0.4) is 0 Å². The van der Waals surface area contributed by atoms with E-state index in [0.29, 0.717) is 55.6 Å². The summed E-state index contributed by atoms with van der Waals surface area (Å²) in [5.74, 6) is 1.44. The van der Waals surface area contributed by atoms with Gasteiger partial charge in [0.2, 0.25) is 0 Å². The van der Waals surface area contributed by atoms with Gasteiger partial charge in [0, 0.05) is 19.5 Å². The molecule has 0 spiro atoms. The molecule has 23 heavy (non-hydrogen) atoms. The molecule has 0 radical (unpaired) electrons. The second kappa shape index (κ2) is 5.42. The number of nitrogen functional groups attached to an aromatic ring is 1. The number of aromatic nitrogens is 2. The summed E-state index contributed by atoms with van der Waals surface area (Å²) in [6.45, 7) is 2.01. The van der Waals surface area contributed by atoms with Crippen molar-refractivity contribution in [1.29, 1.82) is 0 Å². The van der Waals surface area contributed by atoms with Gasteiger partial charge in [0.15, 0.2) is 11.5 Å². The van der Waals surface area contributed by atoms with Crippen LogP contribution in [-0.4, -0.2) is 40.8 Å². The van der Waals surface area contributed by atoms with E-state index in [0.717, 1.165) is 11.3 Å². The topological polar surface area (TPSA) is 90.6 Å². The van der Waals surface area contributed by atoms with E-state index in [1.165, 1.54) is 0 Å². The third-order valence-corrected chi connectivity index (χ3v) is 4.04. The van der Waals surface area contributed by atoms with Crippen molar-refractivity contribution in [2.24, 2.45) is 0 Å². The van der Waals surface area contributed by atoms with E-state index in [4.69, 9.17) is 15.2 Å². The zero-order valence-corrected chi connectivity index (χ0v) is 12.5. The number of hydrogen-bond donors (Lipinski definition) is 1. The quantitative estimate of drug-likeness (QED) is 0.846. The SMILES string of the molecule is Nc1cc2c(nn1)CCN(C(=O)c1cccc3c1OCCO3)C2. The van der Waals surface area contributed by atoms with Gasteiger partial charge in [-0.2, -0.15) is 5.10 Å². The van der Waals surface area contributed by atoms with Crippen molar-refractivity contribution < 1.29 is 14.3 Å². The van der Waals surface area contributed by atoms with Gasteiger partial charge in [-0.3, -0.25) is 4.79 Å². The Bertz CT molecular complexity index is 778. The molecule has 0 saturated heterocycles. The van der Waals surface area contributed by atoms with Crippen molar-refractivity contribution in [3.63, 3.8) is 0 Å². The minimum absolute atomic E-state index is 0.0756. The van der Waals surface area contributed by atoms with E-state index in [1.54, 1.807) is 17.0 Å². The minimum atomic E-state index is -0.0756. The first-order chi connectivity index (χ1) is 11.2. The van der Waals surface area contributed by atoms with Crippen LogP contribution in [-0.2, 0) is 13.0 Å². The van der Waals surface area contributed by atoms with Crippen molar-refractivity contribution in [2.75, 3.05) is 25.5 Å². The molecule has 0 fully saturated rings. The zero-order chi connectivity index (χ0) is 15.8. The lowest BCUT2D eigenvalue weighted by Crippen LogP contribution is -2.37. The third kappa shape index (κ3) is 2.44. The Morgan fingerprint density at radius 2 is 2.09 bits per heavy atom. The molecular weight excluding hydrogens is 296 g/mol. The number of anilines is 1. The summed E-state index contributed by atoms with van der Waals surface area (Å²) in [5.41, 5.74) is 8.06. The van der Waals surface area contributed by atoms with E-state index in [-0.39, 0.29) is 5.91 Å². The van der Waals surface area contributed by atoms with Gasteiger partial charge >= 0.3 is 0 Å². The Morgan fingerprint density at radius 1 is 1.22 bits per heavy atom. The van der Waals surface area contributed by atoms with Crippen LogP contribution in [0.4, 0.5) is 5.82 Å². The molecule has 0 atom stereocenters. The first-order valence-corrected chi connectivity index (χ1v) is 7.51. The average Bonchev–Trinajstić information content (AvgIpc) is 2.60. The van der Waals surface area contributed by atoms with E-state index >= 15 is 0 Å². The van der Waals surface area contributed by atoms with Crippen molar-refractivity contribution in [3.8, 4) is 11.5 Å². The molecule has 1 aromatic heterocycles. The average molecular weight is 312 g/mol. The number of nitrogens with two attached hydrogens (primary N) is 1. The fraction of sp³-hybridized carbons (Fsp3) is 0.312. The number of amides is 1. The van der Waals surface area contributed by atoms with Crippen molar-refractivity contribution in [1.82, 2.24) is 15.1 Å². The minimum Gasteiger partial charge on any atom is -0.486 e. The van der Waals surface area contributed by atoms with E-state index in [9.17, 15) is 4.79 Å². The summed E-state index contributed by atoms with van der Waals surface area (Å²) in [7, 11) is 0. The zero-order valence-electron chi connectivity index (χ0n) is 12.5. The van der Waals surface area contributed by atoms with Gasteiger partial charge in [0.25, 0.3) is 5.91 Å². The molecule has 118 valence electrons.